The van der Waals surface area contributed by atoms with Crippen LogP contribution in [0.15, 0.2) is 77.7 Å². The standard InChI is InChI=1S/C28H33N3O5S/c1-22-9-12-25(13-10-22)37(33,34)31(26-19-24(35-2)11-14-27(26)36-3)21-28(32)30-17-15-29(16-18-30)20-23-7-5-4-6-8-23/h4-14,19H,15-18,20-21H2,1-3H3. The Hall–Kier alpha value is -3.56. The fraction of sp³-hybridized carbons (Fsp3) is 0.321. The molecular weight excluding hydrogens is 490 g/mol. The fourth-order valence-corrected chi connectivity index (χ4v) is 5.77. The highest BCUT2D eigenvalue weighted by molar-refractivity contribution is 7.92. The Morgan fingerprint density at radius 1 is 0.892 bits per heavy atom. The third-order valence-electron chi connectivity index (χ3n) is 6.52. The smallest absolute Gasteiger partial charge is 0.264 e. The number of sulfonamides is 1. The summed E-state index contributed by atoms with van der Waals surface area (Å²) >= 11 is 0. The first-order valence-electron chi connectivity index (χ1n) is 12.2. The van der Waals surface area contributed by atoms with Crippen molar-refractivity contribution in [3.05, 3.63) is 83.9 Å². The molecule has 8 nitrogen and oxygen atoms in total. The van der Waals surface area contributed by atoms with Crippen LogP contribution in [0.5, 0.6) is 11.5 Å². The van der Waals surface area contributed by atoms with Gasteiger partial charge in [-0.2, -0.15) is 0 Å². The molecule has 1 aliphatic heterocycles. The van der Waals surface area contributed by atoms with Crippen molar-refractivity contribution >= 4 is 21.6 Å². The highest BCUT2D eigenvalue weighted by atomic mass is 32.2. The van der Waals surface area contributed by atoms with E-state index >= 15 is 0 Å². The number of piperazine rings is 1. The maximum absolute atomic E-state index is 13.8. The zero-order valence-corrected chi connectivity index (χ0v) is 22.3. The quantitative estimate of drug-likeness (QED) is 0.427. The number of benzene rings is 3. The molecule has 1 saturated heterocycles. The zero-order valence-electron chi connectivity index (χ0n) is 21.5. The van der Waals surface area contributed by atoms with E-state index in [1.54, 1.807) is 47.4 Å². The summed E-state index contributed by atoms with van der Waals surface area (Å²) in [5.41, 5.74) is 2.41. The second-order valence-corrected chi connectivity index (χ2v) is 10.9. The molecule has 0 bridgehead atoms. The normalized spacial score (nSPS) is 14.3. The second kappa shape index (κ2) is 11.7. The van der Waals surface area contributed by atoms with Gasteiger partial charge in [-0.25, -0.2) is 8.42 Å². The molecule has 1 fully saturated rings. The highest BCUT2D eigenvalue weighted by Gasteiger charge is 2.32. The predicted molar refractivity (Wildman–Crippen MR) is 144 cm³/mol. The number of amides is 1. The number of hydrogen-bond acceptors (Lipinski definition) is 6. The summed E-state index contributed by atoms with van der Waals surface area (Å²) in [7, 11) is -1.10. The number of hydrogen-bond donors (Lipinski definition) is 0. The van der Waals surface area contributed by atoms with Crippen LogP contribution in [-0.4, -0.2) is 71.1 Å². The van der Waals surface area contributed by atoms with Gasteiger partial charge in [-0.05, 0) is 36.8 Å². The van der Waals surface area contributed by atoms with E-state index in [0.717, 1.165) is 16.4 Å². The maximum Gasteiger partial charge on any atom is 0.264 e. The Balaban J connectivity index is 1.57. The number of carbonyl (C=O) groups is 1. The molecule has 0 spiro atoms. The zero-order chi connectivity index (χ0) is 26.4. The van der Waals surface area contributed by atoms with Gasteiger partial charge in [0.2, 0.25) is 5.91 Å². The Morgan fingerprint density at radius 3 is 2.19 bits per heavy atom. The lowest BCUT2D eigenvalue weighted by molar-refractivity contribution is -0.131. The van der Waals surface area contributed by atoms with E-state index in [0.29, 0.717) is 37.7 Å². The lowest BCUT2D eigenvalue weighted by Crippen LogP contribution is -2.51. The van der Waals surface area contributed by atoms with Gasteiger partial charge in [0.1, 0.15) is 18.0 Å². The van der Waals surface area contributed by atoms with Crippen molar-refractivity contribution in [1.29, 1.82) is 0 Å². The second-order valence-electron chi connectivity index (χ2n) is 9.01. The molecule has 0 saturated carbocycles. The maximum atomic E-state index is 13.8. The molecule has 0 aromatic heterocycles. The molecular formula is C28H33N3O5S. The van der Waals surface area contributed by atoms with E-state index in [1.807, 2.05) is 25.1 Å². The first-order valence-corrected chi connectivity index (χ1v) is 13.6. The number of methoxy groups -OCH3 is 2. The minimum Gasteiger partial charge on any atom is -0.497 e. The van der Waals surface area contributed by atoms with Crippen LogP contribution in [0.1, 0.15) is 11.1 Å². The van der Waals surface area contributed by atoms with Gasteiger partial charge in [0.25, 0.3) is 10.0 Å². The lowest BCUT2D eigenvalue weighted by Gasteiger charge is -2.36. The third kappa shape index (κ3) is 6.23. The van der Waals surface area contributed by atoms with Crippen LogP contribution in [0, 0.1) is 6.92 Å². The van der Waals surface area contributed by atoms with Gasteiger partial charge in [-0.1, -0.05) is 48.0 Å². The van der Waals surface area contributed by atoms with Crippen LogP contribution in [0.2, 0.25) is 0 Å². The average Bonchev–Trinajstić information content (AvgIpc) is 2.92. The Labute approximate surface area is 219 Å². The topological polar surface area (TPSA) is 79.4 Å². The van der Waals surface area contributed by atoms with Gasteiger partial charge >= 0.3 is 0 Å². The van der Waals surface area contributed by atoms with Crippen molar-refractivity contribution in [2.45, 2.75) is 18.4 Å². The van der Waals surface area contributed by atoms with Crippen molar-refractivity contribution in [1.82, 2.24) is 9.80 Å². The molecule has 0 N–H and O–H groups in total. The van der Waals surface area contributed by atoms with Crippen molar-refractivity contribution in [3.63, 3.8) is 0 Å². The summed E-state index contributed by atoms with van der Waals surface area (Å²) in [5, 5.41) is 0. The minimum atomic E-state index is -4.07. The summed E-state index contributed by atoms with van der Waals surface area (Å²) in [5.74, 6) is 0.527. The van der Waals surface area contributed by atoms with E-state index in [9.17, 15) is 13.2 Å². The first-order chi connectivity index (χ1) is 17.8. The molecule has 0 atom stereocenters. The molecule has 0 radical (unpaired) electrons. The molecule has 1 heterocycles. The molecule has 9 heteroatoms. The Morgan fingerprint density at radius 2 is 1.57 bits per heavy atom. The van der Waals surface area contributed by atoms with E-state index < -0.39 is 10.0 Å². The van der Waals surface area contributed by atoms with Crippen LogP contribution >= 0.6 is 0 Å². The van der Waals surface area contributed by atoms with Crippen molar-refractivity contribution in [2.24, 2.45) is 0 Å². The number of ether oxygens (including phenoxy) is 2. The molecule has 0 unspecified atom stereocenters. The Bertz CT molecular complexity index is 1310. The third-order valence-corrected chi connectivity index (χ3v) is 8.29. The summed E-state index contributed by atoms with van der Waals surface area (Å²) in [4.78, 5) is 17.6. The molecule has 0 aliphatic carbocycles. The minimum absolute atomic E-state index is 0.100. The summed E-state index contributed by atoms with van der Waals surface area (Å²) in [6, 6.07) is 21.7. The fourth-order valence-electron chi connectivity index (χ4n) is 4.35. The number of nitrogens with zero attached hydrogens (tertiary/aromatic N) is 3. The van der Waals surface area contributed by atoms with Crippen LogP contribution in [-0.2, 0) is 21.4 Å². The van der Waals surface area contributed by atoms with E-state index in [2.05, 4.69) is 17.0 Å². The lowest BCUT2D eigenvalue weighted by atomic mass is 10.2. The van der Waals surface area contributed by atoms with E-state index in [4.69, 9.17) is 9.47 Å². The van der Waals surface area contributed by atoms with Gasteiger partial charge in [0.05, 0.1) is 24.8 Å². The monoisotopic (exact) mass is 523 g/mol. The summed E-state index contributed by atoms with van der Waals surface area (Å²) < 4.78 is 39.6. The van der Waals surface area contributed by atoms with Gasteiger partial charge in [0, 0.05) is 38.8 Å². The molecule has 3 aromatic rings. The van der Waals surface area contributed by atoms with Crippen LogP contribution in [0.25, 0.3) is 0 Å². The number of rotatable bonds is 9. The molecule has 4 rings (SSSR count). The van der Waals surface area contributed by atoms with Crippen LogP contribution in [0.3, 0.4) is 0 Å². The van der Waals surface area contributed by atoms with Gasteiger partial charge in [-0.15, -0.1) is 0 Å². The summed E-state index contributed by atoms with van der Waals surface area (Å²) in [6.45, 7) is 4.84. The van der Waals surface area contributed by atoms with Crippen molar-refractivity contribution in [2.75, 3.05) is 51.2 Å². The molecule has 3 aromatic carbocycles. The predicted octanol–water partition coefficient (Wildman–Crippen LogP) is 3.55. The van der Waals surface area contributed by atoms with E-state index in [1.165, 1.54) is 19.8 Å². The van der Waals surface area contributed by atoms with Gasteiger partial charge < -0.3 is 14.4 Å². The number of aryl methyl sites for hydroxylation is 1. The Kier molecular flexibility index (Phi) is 8.35. The highest BCUT2D eigenvalue weighted by Crippen LogP contribution is 2.35. The SMILES string of the molecule is COc1ccc(OC)c(N(CC(=O)N2CCN(Cc3ccccc3)CC2)S(=O)(=O)c2ccc(C)cc2)c1. The first kappa shape index (κ1) is 26.5. The van der Waals surface area contributed by atoms with Gasteiger partial charge in [-0.3, -0.25) is 14.0 Å². The van der Waals surface area contributed by atoms with Crippen LogP contribution < -0.4 is 13.8 Å². The number of carbonyl (C=O) groups excluding carboxylic acids is 1. The van der Waals surface area contributed by atoms with Crippen LogP contribution in [0.4, 0.5) is 5.69 Å². The number of anilines is 1. The molecule has 1 amide bonds. The van der Waals surface area contributed by atoms with Crippen molar-refractivity contribution in [3.8, 4) is 11.5 Å². The molecule has 1 aliphatic rings. The summed E-state index contributed by atoms with van der Waals surface area (Å²) in [6.07, 6.45) is 0. The van der Waals surface area contributed by atoms with E-state index in [-0.39, 0.29) is 23.0 Å². The van der Waals surface area contributed by atoms with Gasteiger partial charge in [0.15, 0.2) is 0 Å². The largest absolute Gasteiger partial charge is 0.497 e. The molecule has 37 heavy (non-hydrogen) atoms. The van der Waals surface area contributed by atoms with Crippen molar-refractivity contribution < 1.29 is 22.7 Å². The molecule has 196 valence electrons. The average molecular weight is 524 g/mol.